The summed E-state index contributed by atoms with van der Waals surface area (Å²) in [5.74, 6) is -1.43. The Kier molecular flexibility index (Phi) is 6.31. The molecule has 0 aliphatic carbocycles. The second kappa shape index (κ2) is 8.45. The van der Waals surface area contributed by atoms with Gasteiger partial charge in [0.05, 0.1) is 18.6 Å². The van der Waals surface area contributed by atoms with Crippen molar-refractivity contribution >= 4 is 27.6 Å². The molecule has 0 aliphatic heterocycles. The van der Waals surface area contributed by atoms with Crippen molar-refractivity contribution in [1.82, 2.24) is 5.32 Å². The number of carbonyl (C=O) groups excluding carboxylic acids is 2. The largest absolute Gasteiger partial charge is 0.467 e. The van der Waals surface area contributed by atoms with Gasteiger partial charge in [0, 0.05) is 11.3 Å². The fraction of sp³-hybridized carbons (Fsp3) is 0.176. The van der Waals surface area contributed by atoms with Gasteiger partial charge in [0.25, 0.3) is 15.9 Å². The first-order chi connectivity index (χ1) is 12.4. The number of para-hydroxylation sites is 1. The van der Waals surface area contributed by atoms with Gasteiger partial charge in [-0.1, -0.05) is 18.2 Å². The summed E-state index contributed by atoms with van der Waals surface area (Å²) >= 11 is 0. The second-order valence-electron chi connectivity index (χ2n) is 5.23. The quantitative estimate of drug-likeness (QED) is 0.611. The maximum atomic E-state index is 12.3. The number of hydrogen-bond donors (Lipinski definition) is 3. The Morgan fingerprint density at radius 2 is 1.69 bits per heavy atom. The van der Waals surface area contributed by atoms with Crippen LogP contribution in [0.2, 0.25) is 0 Å². The van der Waals surface area contributed by atoms with Crippen molar-refractivity contribution in [2.45, 2.75) is 10.9 Å². The molecule has 9 heteroatoms. The number of amides is 1. The average molecular weight is 378 g/mol. The number of aliphatic hydroxyl groups is 1. The molecule has 3 N–H and O–H groups in total. The van der Waals surface area contributed by atoms with Crippen molar-refractivity contribution in [1.29, 1.82) is 0 Å². The lowest BCUT2D eigenvalue weighted by Gasteiger charge is -2.14. The Labute approximate surface area is 150 Å². The van der Waals surface area contributed by atoms with Gasteiger partial charge < -0.3 is 15.2 Å². The number of rotatable bonds is 7. The van der Waals surface area contributed by atoms with Crippen LogP contribution in [0.25, 0.3) is 0 Å². The topological polar surface area (TPSA) is 122 Å². The van der Waals surface area contributed by atoms with Gasteiger partial charge in [-0.05, 0) is 36.4 Å². The molecular weight excluding hydrogens is 360 g/mol. The number of aliphatic hydroxyl groups excluding tert-OH is 1. The van der Waals surface area contributed by atoms with E-state index in [1.807, 2.05) is 0 Å². The van der Waals surface area contributed by atoms with Gasteiger partial charge in [0.2, 0.25) is 0 Å². The normalized spacial score (nSPS) is 12.1. The second-order valence-corrected chi connectivity index (χ2v) is 6.91. The van der Waals surface area contributed by atoms with Crippen molar-refractivity contribution in [2.75, 3.05) is 18.4 Å². The zero-order valence-electron chi connectivity index (χ0n) is 13.9. The summed E-state index contributed by atoms with van der Waals surface area (Å²) in [5, 5.41) is 11.4. The molecule has 0 unspecified atom stereocenters. The molecule has 0 aliphatic rings. The minimum absolute atomic E-state index is 0.0235. The fourth-order valence-corrected chi connectivity index (χ4v) is 3.13. The summed E-state index contributed by atoms with van der Waals surface area (Å²) in [6, 6.07) is 12.3. The Morgan fingerprint density at radius 3 is 2.23 bits per heavy atom. The number of esters is 1. The molecule has 2 rings (SSSR count). The third-order valence-corrected chi connectivity index (χ3v) is 4.82. The van der Waals surface area contributed by atoms with Gasteiger partial charge in [0.1, 0.15) is 0 Å². The number of methoxy groups -OCH3 is 1. The molecule has 0 radical (unpaired) electrons. The van der Waals surface area contributed by atoms with E-state index >= 15 is 0 Å². The molecule has 2 aromatic carbocycles. The SMILES string of the molecule is COC(=O)[C@@H](CO)NC(=O)c1ccc(S(=O)(=O)Nc2ccccc2)cc1. The molecule has 1 atom stereocenters. The predicted octanol–water partition coefficient (Wildman–Crippen LogP) is 0.751. The van der Waals surface area contributed by atoms with Crippen LogP contribution in [0.3, 0.4) is 0 Å². The van der Waals surface area contributed by atoms with Gasteiger partial charge in [-0.2, -0.15) is 0 Å². The molecule has 138 valence electrons. The lowest BCUT2D eigenvalue weighted by Crippen LogP contribution is -2.44. The van der Waals surface area contributed by atoms with E-state index in [0.29, 0.717) is 5.69 Å². The number of benzene rings is 2. The fourth-order valence-electron chi connectivity index (χ4n) is 2.07. The summed E-state index contributed by atoms with van der Waals surface area (Å²) in [6.45, 7) is -0.619. The first-order valence-electron chi connectivity index (χ1n) is 7.55. The van der Waals surface area contributed by atoms with Crippen LogP contribution < -0.4 is 10.0 Å². The van der Waals surface area contributed by atoms with Crippen LogP contribution in [0.4, 0.5) is 5.69 Å². The van der Waals surface area contributed by atoms with Gasteiger partial charge in [-0.3, -0.25) is 9.52 Å². The number of nitrogens with one attached hydrogen (secondary N) is 2. The summed E-state index contributed by atoms with van der Waals surface area (Å²) in [5.41, 5.74) is 0.546. The molecule has 0 spiro atoms. The van der Waals surface area contributed by atoms with E-state index < -0.39 is 34.5 Å². The van der Waals surface area contributed by atoms with Gasteiger partial charge in [0.15, 0.2) is 6.04 Å². The van der Waals surface area contributed by atoms with Crippen molar-refractivity contribution in [3.63, 3.8) is 0 Å². The highest BCUT2D eigenvalue weighted by Crippen LogP contribution is 2.16. The van der Waals surface area contributed by atoms with Crippen LogP contribution in [0.15, 0.2) is 59.5 Å². The van der Waals surface area contributed by atoms with Crippen molar-refractivity contribution in [3.05, 3.63) is 60.2 Å². The smallest absolute Gasteiger partial charge is 0.330 e. The molecule has 2 aromatic rings. The standard InChI is InChI=1S/C17H18N2O6S/c1-25-17(22)15(11-20)18-16(21)12-7-9-14(10-8-12)26(23,24)19-13-5-3-2-4-6-13/h2-10,15,19-20H,11H2,1H3,(H,18,21)/t15-/m1/s1. The van der Waals surface area contributed by atoms with E-state index in [1.165, 1.54) is 24.3 Å². The van der Waals surface area contributed by atoms with Crippen LogP contribution in [0.1, 0.15) is 10.4 Å². The molecule has 0 saturated carbocycles. The third-order valence-electron chi connectivity index (χ3n) is 3.43. The Hall–Kier alpha value is -2.91. The molecular formula is C17H18N2O6S. The van der Waals surface area contributed by atoms with Crippen LogP contribution in [-0.2, 0) is 19.6 Å². The van der Waals surface area contributed by atoms with Gasteiger partial charge >= 0.3 is 5.97 Å². The summed E-state index contributed by atoms with van der Waals surface area (Å²) in [4.78, 5) is 23.5. The van der Waals surface area contributed by atoms with Gasteiger partial charge in [-0.25, -0.2) is 13.2 Å². The molecule has 1 amide bonds. The molecule has 0 aromatic heterocycles. The number of anilines is 1. The zero-order valence-corrected chi connectivity index (χ0v) is 14.7. The maximum absolute atomic E-state index is 12.3. The van der Waals surface area contributed by atoms with Crippen molar-refractivity contribution in [3.8, 4) is 0 Å². The number of sulfonamides is 1. The summed E-state index contributed by atoms with van der Waals surface area (Å²) in [6.07, 6.45) is 0. The van der Waals surface area contributed by atoms with Crippen molar-refractivity contribution in [2.24, 2.45) is 0 Å². The summed E-state index contributed by atoms with van der Waals surface area (Å²) < 4.78 is 31.5. The Balaban J connectivity index is 2.12. The minimum atomic E-state index is -3.80. The first-order valence-corrected chi connectivity index (χ1v) is 9.03. The monoisotopic (exact) mass is 378 g/mol. The highest BCUT2D eigenvalue weighted by atomic mass is 32.2. The van der Waals surface area contributed by atoms with Crippen LogP contribution in [-0.4, -0.2) is 45.2 Å². The molecule has 0 fully saturated rings. The van der Waals surface area contributed by atoms with Crippen LogP contribution in [0, 0.1) is 0 Å². The van der Waals surface area contributed by atoms with E-state index in [2.05, 4.69) is 14.8 Å². The lowest BCUT2D eigenvalue weighted by molar-refractivity contribution is -0.143. The number of carbonyl (C=O) groups is 2. The van der Waals surface area contributed by atoms with Crippen LogP contribution in [0.5, 0.6) is 0 Å². The average Bonchev–Trinajstić information content (AvgIpc) is 2.65. The predicted molar refractivity (Wildman–Crippen MR) is 94.0 cm³/mol. The Bertz CT molecular complexity index is 866. The molecule has 0 bridgehead atoms. The first kappa shape index (κ1) is 19.4. The highest BCUT2D eigenvalue weighted by Gasteiger charge is 2.21. The highest BCUT2D eigenvalue weighted by molar-refractivity contribution is 7.92. The number of hydrogen-bond acceptors (Lipinski definition) is 6. The minimum Gasteiger partial charge on any atom is -0.467 e. The molecule has 0 heterocycles. The summed E-state index contributed by atoms with van der Waals surface area (Å²) in [7, 11) is -2.66. The molecule has 8 nitrogen and oxygen atoms in total. The van der Waals surface area contributed by atoms with Crippen LogP contribution >= 0.6 is 0 Å². The Morgan fingerprint density at radius 1 is 1.08 bits per heavy atom. The van der Waals surface area contributed by atoms with Gasteiger partial charge in [-0.15, -0.1) is 0 Å². The third kappa shape index (κ3) is 4.80. The van der Waals surface area contributed by atoms with E-state index in [0.717, 1.165) is 7.11 Å². The maximum Gasteiger partial charge on any atom is 0.330 e. The van der Waals surface area contributed by atoms with E-state index in [-0.39, 0.29) is 10.5 Å². The zero-order chi connectivity index (χ0) is 19.2. The van der Waals surface area contributed by atoms with E-state index in [1.54, 1.807) is 30.3 Å². The number of ether oxygens (including phenoxy) is 1. The van der Waals surface area contributed by atoms with E-state index in [4.69, 9.17) is 5.11 Å². The van der Waals surface area contributed by atoms with E-state index in [9.17, 15) is 18.0 Å². The molecule has 26 heavy (non-hydrogen) atoms. The molecule has 0 saturated heterocycles. The lowest BCUT2D eigenvalue weighted by atomic mass is 10.2. The van der Waals surface area contributed by atoms with Crippen molar-refractivity contribution < 1.29 is 27.9 Å².